The summed E-state index contributed by atoms with van der Waals surface area (Å²) in [4.78, 5) is 14.2. The van der Waals surface area contributed by atoms with Crippen molar-refractivity contribution in [2.45, 2.75) is 50.0 Å². The summed E-state index contributed by atoms with van der Waals surface area (Å²) >= 11 is 0. The maximum Gasteiger partial charge on any atom is 0.240 e. The Morgan fingerprint density at radius 3 is 2.52 bits per heavy atom. The van der Waals surface area contributed by atoms with E-state index in [0.29, 0.717) is 24.3 Å². The zero-order valence-electron chi connectivity index (χ0n) is 15.4. The maximum atomic E-state index is 12.9. The maximum absolute atomic E-state index is 12.9. The highest BCUT2D eigenvalue weighted by Crippen LogP contribution is 2.38. The summed E-state index contributed by atoms with van der Waals surface area (Å²) in [6.45, 7) is 2.56. The highest BCUT2D eigenvalue weighted by Gasteiger charge is 2.33. The average Bonchev–Trinajstić information content (AvgIpc) is 3.09. The monoisotopic (exact) mass is 384 g/mol. The van der Waals surface area contributed by atoms with Crippen molar-refractivity contribution >= 4 is 21.6 Å². The third-order valence-electron chi connectivity index (χ3n) is 5.40. The Hall–Kier alpha value is -2.18. The van der Waals surface area contributed by atoms with Crippen LogP contribution in [0.1, 0.15) is 36.5 Å². The topological polar surface area (TPSA) is 66.5 Å². The number of hydrogen-bond donors (Lipinski definition) is 1. The van der Waals surface area contributed by atoms with Crippen LogP contribution in [0.25, 0.3) is 0 Å². The van der Waals surface area contributed by atoms with Crippen molar-refractivity contribution in [1.82, 2.24) is 4.72 Å². The first-order valence-electron chi connectivity index (χ1n) is 9.46. The molecule has 0 fully saturated rings. The van der Waals surface area contributed by atoms with Gasteiger partial charge in [-0.15, -0.1) is 0 Å². The van der Waals surface area contributed by atoms with Crippen molar-refractivity contribution in [2.75, 3.05) is 11.4 Å². The fraction of sp³-hybridized carbons (Fsp3) is 0.381. The predicted octanol–water partition coefficient (Wildman–Crippen LogP) is 2.82. The van der Waals surface area contributed by atoms with Crippen LogP contribution in [0.15, 0.2) is 47.4 Å². The van der Waals surface area contributed by atoms with Crippen LogP contribution in [0.4, 0.5) is 5.69 Å². The molecule has 0 radical (unpaired) electrons. The summed E-state index contributed by atoms with van der Waals surface area (Å²) in [7, 11) is -3.58. The van der Waals surface area contributed by atoms with Crippen molar-refractivity contribution in [3.63, 3.8) is 0 Å². The van der Waals surface area contributed by atoms with Gasteiger partial charge in [-0.1, -0.05) is 30.3 Å². The molecule has 4 rings (SSSR count). The lowest BCUT2D eigenvalue weighted by Crippen LogP contribution is -2.34. The Bertz CT molecular complexity index is 970. The molecule has 6 heteroatoms. The van der Waals surface area contributed by atoms with E-state index < -0.39 is 10.0 Å². The number of benzene rings is 2. The van der Waals surface area contributed by atoms with E-state index in [-0.39, 0.29) is 11.9 Å². The van der Waals surface area contributed by atoms with Crippen LogP contribution < -0.4 is 9.62 Å². The molecule has 0 saturated carbocycles. The quantitative estimate of drug-likeness (QED) is 0.833. The number of nitrogens with one attached hydrogen (secondary N) is 1. The Kier molecular flexibility index (Phi) is 4.78. The van der Waals surface area contributed by atoms with Gasteiger partial charge in [0.2, 0.25) is 15.9 Å². The highest BCUT2D eigenvalue weighted by molar-refractivity contribution is 7.89. The molecule has 0 spiro atoms. The van der Waals surface area contributed by atoms with Crippen molar-refractivity contribution < 1.29 is 13.2 Å². The minimum Gasteiger partial charge on any atom is -0.312 e. The molecule has 2 aliphatic heterocycles. The van der Waals surface area contributed by atoms with Crippen molar-refractivity contribution in [2.24, 2.45) is 0 Å². The Morgan fingerprint density at radius 1 is 1.07 bits per heavy atom. The van der Waals surface area contributed by atoms with Gasteiger partial charge in [-0.3, -0.25) is 4.79 Å². The predicted molar refractivity (Wildman–Crippen MR) is 105 cm³/mol. The molecule has 2 aromatic carbocycles. The zero-order valence-corrected chi connectivity index (χ0v) is 16.3. The minimum atomic E-state index is -3.58. The Morgan fingerprint density at radius 2 is 1.78 bits per heavy atom. The normalized spacial score (nSPS) is 17.1. The fourth-order valence-corrected chi connectivity index (χ4v) is 5.38. The number of anilines is 1. The summed E-state index contributed by atoms with van der Waals surface area (Å²) in [5.74, 6) is 0.143. The number of carbonyl (C=O) groups excluding carboxylic acids is 1. The second kappa shape index (κ2) is 7.09. The molecule has 0 aromatic heterocycles. The number of hydrogen-bond acceptors (Lipinski definition) is 3. The molecule has 0 saturated heterocycles. The van der Waals surface area contributed by atoms with Gasteiger partial charge in [-0.25, -0.2) is 13.1 Å². The van der Waals surface area contributed by atoms with Crippen molar-refractivity contribution in [3.05, 3.63) is 59.2 Å². The SMILES string of the molecule is C[C@@H](CCc1ccccc1)NS(=O)(=O)c1cc2c3c(c1)CCN3C(=O)CC2. The van der Waals surface area contributed by atoms with Crippen LogP contribution in [-0.2, 0) is 34.1 Å². The van der Waals surface area contributed by atoms with Gasteiger partial charge in [0.15, 0.2) is 0 Å². The molecular formula is C21H24N2O3S. The molecule has 27 heavy (non-hydrogen) atoms. The lowest BCUT2D eigenvalue weighted by Gasteiger charge is -2.26. The lowest BCUT2D eigenvalue weighted by molar-refractivity contribution is -0.118. The summed E-state index contributed by atoms with van der Waals surface area (Å²) < 4.78 is 28.6. The molecule has 1 amide bonds. The van der Waals surface area contributed by atoms with E-state index in [1.165, 1.54) is 5.56 Å². The van der Waals surface area contributed by atoms with Gasteiger partial charge in [0.1, 0.15) is 0 Å². The molecule has 2 aliphatic rings. The van der Waals surface area contributed by atoms with E-state index in [4.69, 9.17) is 0 Å². The number of rotatable bonds is 6. The summed E-state index contributed by atoms with van der Waals surface area (Å²) in [6.07, 6.45) is 3.36. The van der Waals surface area contributed by atoms with Gasteiger partial charge in [0.05, 0.1) is 10.6 Å². The number of aryl methyl sites for hydroxylation is 2. The molecule has 0 bridgehead atoms. The van der Waals surface area contributed by atoms with E-state index >= 15 is 0 Å². The first-order chi connectivity index (χ1) is 12.9. The van der Waals surface area contributed by atoms with Crippen molar-refractivity contribution in [3.8, 4) is 0 Å². The van der Waals surface area contributed by atoms with Gasteiger partial charge in [0.25, 0.3) is 0 Å². The van der Waals surface area contributed by atoms with Gasteiger partial charge >= 0.3 is 0 Å². The average molecular weight is 385 g/mol. The lowest BCUT2D eigenvalue weighted by atomic mass is 10.00. The second-order valence-corrected chi connectivity index (χ2v) is 9.15. The molecule has 5 nitrogen and oxygen atoms in total. The van der Waals surface area contributed by atoms with Crippen LogP contribution in [0, 0.1) is 0 Å². The second-order valence-electron chi connectivity index (χ2n) is 7.43. The Balaban J connectivity index is 1.50. The minimum absolute atomic E-state index is 0.143. The first-order valence-corrected chi connectivity index (χ1v) is 10.9. The van der Waals surface area contributed by atoms with Crippen LogP contribution in [-0.4, -0.2) is 26.9 Å². The summed E-state index contributed by atoms with van der Waals surface area (Å²) in [5, 5.41) is 0. The van der Waals surface area contributed by atoms with E-state index in [0.717, 1.165) is 36.1 Å². The molecule has 0 unspecified atom stereocenters. The molecular weight excluding hydrogens is 360 g/mol. The smallest absolute Gasteiger partial charge is 0.240 e. The molecule has 2 heterocycles. The molecule has 0 aliphatic carbocycles. The van der Waals surface area contributed by atoms with Crippen LogP contribution >= 0.6 is 0 Å². The molecule has 142 valence electrons. The van der Waals surface area contributed by atoms with Gasteiger partial charge in [-0.05, 0) is 61.4 Å². The standard InChI is InChI=1S/C21H24N2O3S/c1-15(7-8-16-5-3-2-4-6-16)22-27(25,26)19-13-17-9-10-20(24)23-12-11-18(14-19)21(17)23/h2-6,13-15,22H,7-12H2,1H3/t15-/m0/s1. The largest absolute Gasteiger partial charge is 0.312 e. The third-order valence-corrected chi connectivity index (χ3v) is 6.97. The fourth-order valence-electron chi connectivity index (χ4n) is 4.00. The van der Waals surface area contributed by atoms with Gasteiger partial charge in [0, 0.05) is 19.0 Å². The van der Waals surface area contributed by atoms with Crippen LogP contribution in [0.2, 0.25) is 0 Å². The number of sulfonamides is 1. The molecule has 1 N–H and O–H groups in total. The van der Waals surface area contributed by atoms with Gasteiger partial charge in [-0.2, -0.15) is 0 Å². The Labute approximate surface area is 160 Å². The molecule has 1 atom stereocenters. The zero-order chi connectivity index (χ0) is 19.0. The van der Waals surface area contributed by atoms with Crippen molar-refractivity contribution in [1.29, 1.82) is 0 Å². The number of nitrogens with zero attached hydrogens (tertiary/aromatic N) is 1. The van der Waals surface area contributed by atoms with E-state index in [1.54, 1.807) is 17.0 Å². The van der Waals surface area contributed by atoms with E-state index in [1.807, 2.05) is 25.1 Å². The third kappa shape index (κ3) is 3.64. The summed E-state index contributed by atoms with van der Waals surface area (Å²) in [6, 6.07) is 13.4. The molecule has 2 aromatic rings. The number of amides is 1. The van der Waals surface area contributed by atoms with E-state index in [2.05, 4.69) is 16.9 Å². The first kappa shape index (κ1) is 18.2. The van der Waals surface area contributed by atoms with Gasteiger partial charge < -0.3 is 4.90 Å². The van der Waals surface area contributed by atoms with E-state index in [9.17, 15) is 13.2 Å². The number of carbonyl (C=O) groups is 1. The van der Waals surface area contributed by atoms with Crippen LogP contribution in [0.5, 0.6) is 0 Å². The summed E-state index contributed by atoms with van der Waals surface area (Å²) in [5.41, 5.74) is 4.09. The highest BCUT2D eigenvalue weighted by atomic mass is 32.2. The van der Waals surface area contributed by atoms with Crippen LogP contribution in [0.3, 0.4) is 0 Å².